The van der Waals surface area contributed by atoms with Crippen LogP contribution in [0.25, 0.3) is 0 Å². The van der Waals surface area contributed by atoms with Gasteiger partial charge in [0.1, 0.15) is 0 Å². The summed E-state index contributed by atoms with van der Waals surface area (Å²) in [5.74, 6) is -0.808. The van der Waals surface area contributed by atoms with Gasteiger partial charge in [0.15, 0.2) is 0 Å². The predicted molar refractivity (Wildman–Crippen MR) is 94.6 cm³/mol. The predicted octanol–water partition coefficient (Wildman–Crippen LogP) is 2.91. The van der Waals surface area contributed by atoms with Crippen molar-refractivity contribution < 1.29 is 14.7 Å². The number of aliphatic carboxylic acids is 1. The van der Waals surface area contributed by atoms with Gasteiger partial charge >= 0.3 is 5.97 Å². The molecule has 5 nitrogen and oxygen atoms in total. The SMILES string of the molecule is Cc1ccc(C(=O)N2CCc3ccc(CCC(=O)O)nc3C2)cc1C. The molecule has 0 saturated heterocycles. The zero-order valence-electron chi connectivity index (χ0n) is 14.6. The molecule has 25 heavy (non-hydrogen) atoms. The second kappa shape index (κ2) is 7.05. The number of amides is 1. The van der Waals surface area contributed by atoms with Gasteiger partial charge in [-0.1, -0.05) is 12.1 Å². The van der Waals surface area contributed by atoms with Crippen LogP contribution in [0.5, 0.6) is 0 Å². The van der Waals surface area contributed by atoms with Crippen LogP contribution in [-0.4, -0.2) is 33.4 Å². The number of fused-ring (bicyclic) bond motifs is 1. The van der Waals surface area contributed by atoms with Crippen LogP contribution in [0.3, 0.4) is 0 Å². The Morgan fingerprint density at radius 3 is 2.68 bits per heavy atom. The summed E-state index contributed by atoms with van der Waals surface area (Å²) in [6.45, 7) is 5.19. The Kier molecular flexibility index (Phi) is 4.83. The van der Waals surface area contributed by atoms with Crippen LogP contribution >= 0.6 is 0 Å². The normalized spacial score (nSPS) is 13.4. The fraction of sp³-hybridized carbons (Fsp3) is 0.350. The van der Waals surface area contributed by atoms with E-state index in [1.807, 2.05) is 49.1 Å². The Bertz CT molecular complexity index is 830. The van der Waals surface area contributed by atoms with Crippen LogP contribution in [0.2, 0.25) is 0 Å². The largest absolute Gasteiger partial charge is 0.481 e. The summed E-state index contributed by atoms with van der Waals surface area (Å²) in [6, 6.07) is 9.68. The van der Waals surface area contributed by atoms with Gasteiger partial charge in [0.2, 0.25) is 0 Å². The van der Waals surface area contributed by atoms with Gasteiger partial charge in [-0.2, -0.15) is 0 Å². The molecule has 5 heteroatoms. The van der Waals surface area contributed by atoms with E-state index in [1.165, 1.54) is 5.56 Å². The van der Waals surface area contributed by atoms with Crippen molar-refractivity contribution in [1.82, 2.24) is 9.88 Å². The highest BCUT2D eigenvalue weighted by atomic mass is 16.4. The third-order valence-electron chi connectivity index (χ3n) is 4.75. The van der Waals surface area contributed by atoms with Crippen molar-refractivity contribution in [3.63, 3.8) is 0 Å². The number of hydrogen-bond donors (Lipinski definition) is 1. The quantitative estimate of drug-likeness (QED) is 0.930. The monoisotopic (exact) mass is 338 g/mol. The van der Waals surface area contributed by atoms with Gasteiger partial charge in [-0.15, -0.1) is 0 Å². The summed E-state index contributed by atoms with van der Waals surface area (Å²) in [6.07, 6.45) is 1.25. The van der Waals surface area contributed by atoms with Crippen molar-refractivity contribution in [3.05, 3.63) is 64.0 Å². The Hall–Kier alpha value is -2.69. The molecule has 0 aliphatic carbocycles. The van der Waals surface area contributed by atoms with Gasteiger partial charge in [-0.05, 0) is 55.2 Å². The molecule has 2 heterocycles. The number of carbonyl (C=O) groups is 2. The Morgan fingerprint density at radius 2 is 1.96 bits per heavy atom. The number of nitrogens with zero attached hydrogens (tertiary/aromatic N) is 2. The van der Waals surface area contributed by atoms with Gasteiger partial charge in [0.05, 0.1) is 18.7 Å². The van der Waals surface area contributed by atoms with Crippen molar-refractivity contribution in [2.75, 3.05) is 6.54 Å². The molecule has 1 N–H and O–H groups in total. The lowest BCUT2D eigenvalue weighted by atomic mass is 10.0. The van der Waals surface area contributed by atoms with Crippen molar-refractivity contribution in [1.29, 1.82) is 0 Å². The molecule has 1 aliphatic heterocycles. The van der Waals surface area contributed by atoms with E-state index in [0.29, 0.717) is 25.1 Å². The summed E-state index contributed by atoms with van der Waals surface area (Å²) < 4.78 is 0. The summed E-state index contributed by atoms with van der Waals surface area (Å²) in [5, 5.41) is 8.82. The minimum Gasteiger partial charge on any atom is -0.481 e. The van der Waals surface area contributed by atoms with E-state index in [2.05, 4.69) is 4.98 Å². The molecule has 1 aromatic carbocycles. The number of benzene rings is 1. The smallest absolute Gasteiger partial charge is 0.303 e. The van der Waals surface area contributed by atoms with Crippen molar-refractivity contribution in [3.8, 4) is 0 Å². The maximum atomic E-state index is 12.8. The molecular formula is C20H22N2O3. The first-order valence-electron chi connectivity index (χ1n) is 8.50. The van der Waals surface area contributed by atoms with Gasteiger partial charge < -0.3 is 10.0 Å². The van der Waals surface area contributed by atoms with E-state index in [1.54, 1.807) is 0 Å². The van der Waals surface area contributed by atoms with Crippen LogP contribution in [0.4, 0.5) is 0 Å². The minimum atomic E-state index is -0.828. The van der Waals surface area contributed by atoms with E-state index < -0.39 is 5.97 Å². The molecule has 0 atom stereocenters. The molecule has 1 aliphatic rings. The van der Waals surface area contributed by atoms with Gasteiger partial charge in [-0.3, -0.25) is 14.6 Å². The maximum absolute atomic E-state index is 12.8. The molecule has 0 radical (unpaired) electrons. The number of rotatable bonds is 4. The van der Waals surface area contributed by atoms with E-state index in [9.17, 15) is 9.59 Å². The zero-order valence-corrected chi connectivity index (χ0v) is 14.6. The van der Waals surface area contributed by atoms with E-state index in [4.69, 9.17) is 5.11 Å². The Morgan fingerprint density at radius 1 is 1.16 bits per heavy atom. The zero-order chi connectivity index (χ0) is 18.0. The summed E-state index contributed by atoms with van der Waals surface area (Å²) in [5.41, 5.74) is 5.77. The summed E-state index contributed by atoms with van der Waals surface area (Å²) in [4.78, 5) is 29.9. The first-order valence-corrected chi connectivity index (χ1v) is 8.50. The first kappa shape index (κ1) is 17.1. The maximum Gasteiger partial charge on any atom is 0.303 e. The van der Waals surface area contributed by atoms with Crippen LogP contribution in [-0.2, 0) is 24.2 Å². The van der Waals surface area contributed by atoms with E-state index >= 15 is 0 Å². The van der Waals surface area contributed by atoms with Crippen molar-refractivity contribution in [2.45, 2.75) is 39.7 Å². The highest BCUT2D eigenvalue weighted by Gasteiger charge is 2.23. The van der Waals surface area contributed by atoms with Crippen LogP contribution in [0, 0.1) is 13.8 Å². The molecule has 1 amide bonds. The average Bonchev–Trinajstić information content (AvgIpc) is 2.61. The molecule has 0 saturated carbocycles. The number of aromatic nitrogens is 1. The van der Waals surface area contributed by atoms with E-state index in [0.717, 1.165) is 28.9 Å². The molecule has 130 valence electrons. The van der Waals surface area contributed by atoms with Crippen molar-refractivity contribution >= 4 is 11.9 Å². The Labute approximate surface area is 147 Å². The average molecular weight is 338 g/mol. The standard InChI is InChI=1S/C20H22N2O3/c1-13-3-4-16(11-14(13)2)20(25)22-10-9-15-5-6-17(7-8-19(23)24)21-18(15)12-22/h3-6,11H,7-10,12H2,1-2H3,(H,23,24). The summed E-state index contributed by atoms with van der Waals surface area (Å²) in [7, 11) is 0. The second-order valence-electron chi connectivity index (χ2n) is 6.58. The number of aryl methyl sites for hydroxylation is 3. The van der Waals surface area contributed by atoms with Gasteiger partial charge in [-0.25, -0.2) is 0 Å². The topological polar surface area (TPSA) is 70.5 Å². The number of carboxylic acids is 1. The summed E-state index contributed by atoms with van der Waals surface area (Å²) >= 11 is 0. The molecule has 0 bridgehead atoms. The third kappa shape index (κ3) is 3.87. The molecule has 0 fully saturated rings. The van der Waals surface area contributed by atoms with Crippen LogP contribution in [0.15, 0.2) is 30.3 Å². The van der Waals surface area contributed by atoms with E-state index in [-0.39, 0.29) is 12.3 Å². The fourth-order valence-electron chi connectivity index (χ4n) is 3.06. The number of pyridine rings is 1. The fourth-order valence-corrected chi connectivity index (χ4v) is 3.06. The third-order valence-corrected chi connectivity index (χ3v) is 4.75. The number of carboxylic acid groups (broad SMARTS) is 1. The highest BCUT2D eigenvalue weighted by molar-refractivity contribution is 5.94. The minimum absolute atomic E-state index is 0.0199. The molecule has 1 aromatic heterocycles. The Balaban J connectivity index is 1.77. The molecular weight excluding hydrogens is 316 g/mol. The molecule has 0 unspecified atom stereocenters. The lowest BCUT2D eigenvalue weighted by Crippen LogP contribution is -2.36. The van der Waals surface area contributed by atoms with Crippen LogP contribution in [0.1, 0.15) is 44.9 Å². The second-order valence-corrected chi connectivity index (χ2v) is 6.58. The number of hydrogen-bond acceptors (Lipinski definition) is 3. The lowest BCUT2D eigenvalue weighted by Gasteiger charge is -2.28. The molecule has 0 spiro atoms. The molecule has 3 rings (SSSR count). The van der Waals surface area contributed by atoms with Gasteiger partial charge in [0.25, 0.3) is 5.91 Å². The highest BCUT2D eigenvalue weighted by Crippen LogP contribution is 2.21. The van der Waals surface area contributed by atoms with Crippen LogP contribution < -0.4 is 0 Å². The van der Waals surface area contributed by atoms with Crippen molar-refractivity contribution in [2.24, 2.45) is 0 Å². The lowest BCUT2D eigenvalue weighted by molar-refractivity contribution is -0.136. The molecule has 2 aromatic rings. The van der Waals surface area contributed by atoms with Gasteiger partial charge in [0, 0.05) is 24.2 Å². The number of carbonyl (C=O) groups excluding carboxylic acids is 1. The first-order chi connectivity index (χ1) is 11.9.